The third-order valence-electron chi connectivity index (χ3n) is 3.73. The van der Waals surface area contributed by atoms with Crippen LogP contribution in [0.25, 0.3) is 10.8 Å². The van der Waals surface area contributed by atoms with Gasteiger partial charge in [-0.25, -0.2) is 13.1 Å². The van der Waals surface area contributed by atoms with Gasteiger partial charge >= 0.3 is 0 Å². The fourth-order valence-corrected chi connectivity index (χ4v) is 4.11. The van der Waals surface area contributed by atoms with Crippen LogP contribution >= 0.6 is 23.2 Å². The molecule has 0 fully saturated rings. The first kappa shape index (κ1) is 17.2. The predicted molar refractivity (Wildman–Crippen MR) is 99.3 cm³/mol. The maximum Gasteiger partial charge on any atom is 0.241 e. The quantitative estimate of drug-likeness (QED) is 0.699. The number of sulfonamides is 1. The van der Waals surface area contributed by atoms with Crippen molar-refractivity contribution in [2.24, 2.45) is 0 Å². The summed E-state index contributed by atoms with van der Waals surface area (Å²) in [5, 5.41) is 2.55. The second-order valence-electron chi connectivity index (χ2n) is 5.37. The third kappa shape index (κ3) is 3.73. The summed E-state index contributed by atoms with van der Waals surface area (Å²) in [6.45, 7) is 0.281. The highest BCUT2D eigenvalue weighted by atomic mass is 35.5. The van der Waals surface area contributed by atoms with E-state index in [1.54, 1.807) is 24.3 Å². The zero-order valence-corrected chi connectivity index (χ0v) is 15.0. The van der Waals surface area contributed by atoms with Crippen LogP contribution in [0.15, 0.2) is 65.6 Å². The van der Waals surface area contributed by atoms with Crippen molar-refractivity contribution in [3.63, 3.8) is 0 Å². The third-order valence-corrected chi connectivity index (χ3v) is 5.99. The minimum atomic E-state index is -3.58. The molecule has 0 aliphatic heterocycles. The molecule has 0 amide bonds. The van der Waals surface area contributed by atoms with E-state index in [4.69, 9.17) is 23.2 Å². The van der Waals surface area contributed by atoms with Gasteiger partial charge in [-0.2, -0.15) is 0 Å². The highest BCUT2D eigenvalue weighted by molar-refractivity contribution is 7.89. The van der Waals surface area contributed by atoms with E-state index < -0.39 is 10.0 Å². The Morgan fingerprint density at radius 3 is 2.42 bits per heavy atom. The maximum absolute atomic E-state index is 12.6. The van der Waals surface area contributed by atoms with Crippen LogP contribution in [-0.2, 0) is 16.4 Å². The van der Waals surface area contributed by atoms with Gasteiger partial charge in [-0.1, -0.05) is 65.7 Å². The van der Waals surface area contributed by atoms with Crippen LogP contribution in [0.2, 0.25) is 10.0 Å². The average Bonchev–Trinajstić information content (AvgIpc) is 2.57. The van der Waals surface area contributed by atoms with Crippen LogP contribution in [0.4, 0.5) is 0 Å². The van der Waals surface area contributed by atoms with Crippen LogP contribution in [0.5, 0.6) is 0 Å². The fourth-order valence-electron chi connectivity index (χ4n) is 2.53. The predicted octanol–water partition coefficient (Wildman–Crippen LogP) is 4.67. The molecule has 0 aliphatic carbocycles. The molecule has 0 unspecified atom stereocenters. The van der Waals surface area contributed by atoms with Gasteiger partial charge in [0.25, 0.3) is 0 Å². The number of nitrogens with one attached hydrogen (secondary N) is 1. The van der Waals surface area contributed by atoms with Crippen molar-refractivity contribution in [3.05, 3.63) is 76.3 Å². The van der Waals surface area contributed by atoms with Gasteiger partial charge in [-0.3, -0.25) is 0 Å². The molecule has 3 aromatic carbocycles. The number of hydrogen-bond donors (Lipinski definition) is 1. The summed E-state index contributed by atoms with van der Waals surface area (Å²) in [6, 6.07) is 18.0. The van der Waals surface area contributed by atoms with E-state index in [2.05, 4.69) is 4.72 Å². The molecule has 6 heteroatoms. The van der Waals surface area contributed by atoms with E-state index in [9.17, 15) is 8.42 Å². The van der Waals surface area contributed by atoms with Crippen molar-refractivity contribution in [1.82, 2.24) is 4.72 Å². The maximum atomic E-state index is 12.6. The lowest BCUT2D eigenvalue weighted by Crippen LogP contribution is -2.26. The molecule has 1 N–H and O–H groups in total. The monoisotopic (exact) mass is 379 g/mol. The molecule has 0 bridgehead atoms. The second kappa shape index (κ2) is 7.11. The van der Waals surface area contributed by atoms with E-state index >= 15 is 0 Å². The summed E-state index contributed by atoms with van der Waals surface area (Å²) in [6.07, 6.45) is 0.529. The van der Waals surface area contributed by atoms with Crippen molar-refractivity contribution in [1.29, 1.82) is 0 Å². The van der Waals surface area contributed by atoms with Crippen molar-refractivity contribution in [2.75, 3.05) is 6.54 Å². The van der Waals surface area contributed by atoms with Gasteiger partial charge in [0.05, 0.1) is 14.9 Å². The second-order valence-corrected chi connectivity index (χ2v) is 7.92. The molecule has 0 radical (unpaired) electrons. The van der Waals surface area contributed by atoms with Gasteiger partial charge in [0.1, 0.15) is 0 Å². The first-order chi connectivity index (χ1) is 11.5. The molecule has 3 rings (SSSR count). The van der Waals surface area contributed by atoms with E-state index in [1.807, 2.05) is 36.4 Å². The van der Waals surface area contributed by atoms with Gasteiger partial charge in [0.2, 0.25) is 10.0 Å². The van der Waals surface area contributed by atoms with Crippen LogP contribution in [0.1, 0.15) is 5.56 Å². The van der Waals surface area contributed by atoms with Gasteiger partial charge < -0.3 is 0 Å². The molecular formula is C18H15Cl2NO2S. The Morgan fingerprint density at radius 1 is 0.875 bits per heavy atom. The molecule has 3 nitrogen and oxygen atoms in total. The minimum absolute atomic E-state index is 0.281. The normalized spacial score (nSPS) is 11.8. The summed E-state index contributed by atoms with van der Waals surface area (Å²) in [5.74, 6) is 0. The Morgan fingerprint density at radius 2 is 1.62 bits per heavy atom. The topological polar surface area (TPSA) is 46.2 Å². The molecule has 0 aromatic heterocycles. The summed E-state index contributed by atoms with van der Waals surface area (Å²) >= 11 is 11.9. The molecule has 0 saturated heterocycles. The van der Waals surface area contributed by atoms with Gasteiger partial charge in [0, 0.05) is 11.9 Å². The fraction of sp³-hybridized carbons (Fsp3) is 0.111. The highest BCUT2D eigenvalue weighted by Crippen LogP contribution is 2.24. The number of halogens is 2. The van der Waals surface area contributed by atoms with Crippen molar-refractivity contribution in [2.45, 2.75) is 11.3 Å². The molecule has 3 aromatic rings. The van der Waals surface area contributed by atoms with Gasteiger partial charge in [-0.15, -0.1) is 0 Å². The van der Waals surface area contributed by atoms with E-state index in [1.165, 1.54) is 0 Å². The number of hydrogen-bond acceptors (Lipinski definition) is 2. The van der Waals surface area contributed by atoms with E-state index in [0.717, 1.165) is 10.9 Å². The smallest absolute Gasteiger partial charge is 0.211 e. The average molecular weight is 380 g/mol. The summed E-state index contributed by atoms with van der Waals surface area (Å²) in [7, 11) is -3.58. The Balaban J connectivity index is 1.77. The lowest BCUT2D eigenvalue weighted by molar-refractivity contribution is 0.582. The lowest BCUT2D eigenvalue weighted by Gasteiger charge is -2.10. The van der Waals surface area contributed by atoms with Crippen LogP contribution in [-0.4, -0.2) is 15.0 Å². The van der Waals surface area contributed by atoms with Crippen molar-refractivity contribution >= 4 is 44.0 Å². The Bertz CT molecular complexity index is 982. The molecule has 0 aliphatic rings. The van der Waals surface area contributed by atoms with E-state index in [0.29, 0.717) is 21.9 Å². The standard InChI is InChI=1S/C18H15Cl2NO2S/c19-16-9-8-13(12-17(16)20)10-11-21-24(22,23)18-7-3-5-14-4-1-2-6-15(14)18/h1-9,12,21H,10-11H2. The molecule has 124 valence electrons. The number of fused-ring (bicyclic) bond motifs is 1. The zero-order chi connectivity index (χ0) is 17.2. The first-order valence-electron chi connectivity index (χ1n) is 7.39. The Labute approximate surface area is 151 Å². The van der Waals surface area contributed by atoms with Gasteiger partial charge in [-0.05, 0) is 35.6 Å². The first-order valence-corrected chi connectivity index (χ1v) is 9.63. The minimum Gasteiger partial charge on any atom is -0.211 e. The molecule has 0 atom stereocenters. The summed E-state index contributed by atoms with van der Waals surface area (Å²) in [5.41, 5.74) is 0.921. The number of benzene rings is 3. The molecule has 0 spiro atoms. The highest BCUT2D eigenvalue weighted by Gasteiger charge is 2.16. The summed E-state index contributed by atoms with van der Waals surface area (Å²) in [4.78, 5) is 0.287. The lowest BCUT2D eigenvalue weighted by atomic mass is 10.1. The molecule has 0 saturated carbocycles. The van der Waals surface area contributed by atoms with Gasteiger partial charge in [0.15, 0.2) is 0 Å². The molecular weight excluding hydrogens is 365 g/mol. The zero-order valence-electron chi connectivity index (χ0n) is 12.7. The number of rotatable bonds is 5. The van der Waals surface area contributed by atoms with E-state index in [-0.39, 0.29) is 11.4 Å². The van der Waals surface area contributed by atoms with Crippen LogP contribution in [0, 0.1) is 0 Å². The summed E-state index contributed by atoms with van der Waals surface area (Å²) < 4.78 is 27.8. The van der Waals surface area contributed by atoms with Crippen molar-refractivity contribution in [3.8, 4) is 0 Å². The SMILES string of the molecule is O=S(=O)(NCCc1ccc(Cl)c(Cl)c1)c1cccc2ccccc12. The largest absolute Gasteiger partial charge is 0.241 e. The Hall–Kier alpha value is -1.59. The molecule has 0 heterocycles. The van der Waals surface area contributed by atoms with Crippen LogP contribution in [0.3, 0.4) is 0 Å². The van der Waals surface area contributed by atoms with Crippen molar-refractivity contribution < 1.29 is 8.42 Å². The molecule has 24 heavy (non-hydrogen) atoms. The Kier molecular flexibility index (Phi) is 5.11. The van der Waals surface area contributed by atoms with Crippen LogP contribution < -0.4 is 4.72 Å².